The molecular formula is C17H26ClNO. The lowest BCUT2D eigenvalue weighted by molar-refractivity contribution is 0.217. The Labute approximate surface area is 128 Å². The largest absolute Gasteiger partial charge is 0.497 e. The van der Waals surface area contributed by atoms with Crippen LogP contribution in [0.3, 0.4) is 0 Å². The average molecular weight is 296 g/mol. The van der Waals surface area contributed by atoms with E-state index in [9.17, 15) is 0 Å². The third-order valence-corrected chi connectivity index (χ3v) is 5.50. The lowest BCUT2D eigenvalue weighted by Crippen LogP contribution is -2.40. The van der Waals surface area contributed by atoms with Crippen molar-refractivity contribution in [1.82, 2.24) is 4.90 Å². The number of likely N-dealkylation sites (tertiary alicyclic amines) is 1. The maximum atomic E-state index is 5.43. The number of benzene rings is 1. The van der Waals surface area contributed by atoms with Crippen LogP contribution in [0.5, 0.6) is 5.75 Å². The molecule has 1 aromatic carbocycles. The molecule has 3 atom stereocenters. The van der Waals surface area contributed by atoms with Crippen LogP contribution in [-0.2, 0) is 5.41 Å². The fraction of sp³-hybridized carbons (Fsp3) is 0.647. The van der Waals surface area contributed by atoms with Gasteiger partial charge in [0.05, 0.1) is 7.11 Å². The minimum atomic E-state index is 0. The molecule has 1 aliphatic carbocycles. The van der Waals surface area contributed by atoms with E-state index in [1.807, 2.05) is 0 Å². The molecule has 0 spiro atoms. The summed E-state index contributed by atoms with van der Waals surface area (Å²) in [5, 5.41) is 0. The lowest BCUT2D eigenvalue weighted by atomic mass is 9.66. The Bertz CT molecular complexity index is 464. The van der Waals surface area contributed by atoms with Gasteiger partial charge in [-0.2, -0.15) is 0 Å². The predicted octanol–water partition coefficient (Wildman–Crippen LogP) is 4.02. The van der Waals surface area contributed by atoms with Crippen molar-refractivity contribution < 1.29 is 4.74 Å². The highest BCUT2D eigenvalue weighted by molar-refractivity contribution is 5.85. The zero-order valence-corrected chi connectivity index (χ0v) is 13.6. The van der Waals surface area contributed by atoms with E-state index in [0.717, 1.165) is 11.8 Å². The van der Waals surface area contributed by atoms with Crippen LogP contribution in [-0.4, -0.2) is 31.1 Å². The standard InChI is InChI=1S/C17H25NO.ClH/c1-4-16-17(10-6-8-14(12-17)18(16)2)13-7-5-9-15(11-13)19-3;/h5,7,9,11,14,16H,4,6,8,10,12H2,1-3H3;1H. The van der Waals surface area contributed by atoms with E-state index in [2.05, 4.69) is 43.1 Å². The van der Waals surface area contributed by atoms with Gasteiger partial charge < -0.3 is 4.74 Å². The first-order valence-electron chi connectivity index (χ1n) is 7.57. The van der Waals surface area contributed by atoms with Crippen molar-refractivity contribution in [2.75, 3.05) is 14.2 Å². The van der Waals surface area contributed by atoms with Gasteiger partial charge in [-0.25, -0.2) is 0 Å². The van der Waals surface area contributed by atoms with Gasteiger partial charge in [-0.1, -0.05) is 25.5 Å². The van der Waals surface area contributed by atoms with Gasteiger partial charge in [0.2, 0.25) is 0 Å². The topological polar surface area (TPSA) is 12.5 Å². The summed E-state index contributed by atoms with van der Waals surface area (Å²) in [7, 11) is 4.09. The molecule has 112 valence electrons. The van der Waals surface area contributed by atoms with Crippen LogP contribution >= 0.6 is 12.4 Å². The van der Waals surface area contributed by atoms with Crippen LogP contribution in [0.2, 0.25) is 0 Å². The summed E-state index contributed by atoms with van der Waals surface area (Å²) in [5.41, 5.74) is 1.86. The minimum absolute atomic E-state index is 0. The molecule has 3 rings (SSSR count). The number of ether oxygens (including phenoxy) is 1. The molecule has 2 fully saturated rings. The number of fused-ring (bicyclic) bond motifs is 2. The predicted molar refractivity (Wildman–Crippen MR) is 86.0 cm³/mol. The third kappa shape index (κ3) is 2.23. The zero-order chi connectivity index (χ0) is 13.5. The fourth-order valence-electron chi connectivity index (χ4n) is 4.64. The van der Waals surface area contributed by atoms with Gasteiger partial charge in [-0.15, -0.1) is 12.4 Å². The van der Waals surface area contributed by atoms with Crippen LogP contribution in [0.15, 0.2) is 24.3 Å². The molecule has 0 N–H and O–H groups in total. The van der Waals surface area contributed by atoms with Crippen molar-refractivity contribution in [1.29, 1.82) is 0 Å². The van der Waals surface area contributed by atoms with Gasteiger partial charge in [-0.3, -0.25) is 4.90 Å². The van der Waals surface area contributed by atoms with E-state index in [-0.39, 0.29) is 12.4 Å². The van der Waals surface area contributed by atoms with Crippen molar-refractivity contribution >= 4 is 12.4 Å². The molecule has 2 nitrogen and oxygen atoms in total. The summed E-state index contributed by atoms with van der Waals surface area (Å²) < 4.78 is 5.43. The maximum Gasteiger partial charge on any atom is 0.119 e. The van der Waals surface area contributed by atoms with Gasteiger partial charge >= 0.3 is 0 Å². The van der Waals surface area contributed by atoms with E-state index in [4.69, 9.17) is 4.74 Å². The van der Waals surface area contributed by atoms with Gasteiger partial charge in [0.25, 0.3) is 0 Å². The summed E-state index contributed by atoms with van der Waals surface area (Å²) >= 11 is 0. The number of nitrogens with zero attached hydrogens (tertiary/aromatic N) is 1. The molecule has 0 aromatic heterocycles. The first-order valence-corrected chi connectivity index (χ1v) is 7.57. The van der Waals surface area contributed by atoms with Crippen LogP contribution in [0.4, 0.5) is 0 Å². The normalized spacial score (nSPS) is 32.8. The highest BCUT2D eigenvalue weighted by atomic mass is 35.5. The number of halogens is 1. The van der Waals surface area contributed by atoms with Crippen LogP contribution < -0.4 is 4.74 Å². The SMILES string of the molecule is CCC1N(C)C2CCCC1(c1cccc(OC)c1)C2.Cl. The minimum Gasteiger partial charge on any atom is -0.497 e. The molecule has 1 aromatic rings. The molecule has 0 amide bonds. The van der Waals surface area contributed by atoms with Crippen molar-refractivity contribution in [3.8, 4) is 5.75 Å². The van der Waals surface area contributed by atoms with Gasteiger partial charge in [0, 0.05) is 17.5 Å². The molecule has 3 heteroatoms. The molecule has 2 bridgehead atoms. The molecule has 1 heterocycles. The Morgan fingerprint density at radius 1 is 1.40 bits per heavy atom. The summed E-state index contributed by atoms with van der Waals surface area (Å²) in [6.07, 6.45) is 6.64. The third-order valence-electron chi connectivity index (χ3n) is 5.50. The van der Waals surface area contributed by atoms with E-state index in [1.54, 1.807) is 7.11 Å². The molecule has 3 unspecified atom stereocenters. The van der Waals surface area contributed by atoms with Crippen LogP contribution in [0, 0.1) is 0 Å². The summed E-state index contributed by atoms with van der Waals surface area (Å²) in [4.78, 5) is 2.65. The zero-order valence-electron chi connectivity index (χ0n) is 12.8. The number of rotatable bonds is 3. The molecule has 1 aliphatic heterocycles. The Morgan fingerprint density at radius 2 is 2.20 bits per heavy atom. The van der Waals surface area contributed by atoms with E-state index in [0.29, 0.717) is 11.5 Å². The molecule has 1 saturated carbocycles. The number of hydrogen-bond acceptors (Lipinski definition) is 2. The molecule has 0 radical (unpaired) electrons. The summed E-state index contributed by atoms with van der Waals surface area (Å²) in [6, 6.07) is 10.3. The van der Waals surface area contributed by atoms with Crippen molar-refractivity contribution in [2.24, 2.45) is 0 Å². The second kappa shape index (κ2) is 5.95. The van der Waals surface area contributed by atoms with Crippen molar-refractivity contribution in [2.45, 2.75) is 56.5 Å². The van der Waals surface area contributed by atoms with Gasteiger partial charge in [-0.05, 0) is 50.4 Å². The summed E-state index contributed by atoms with van der Waals surface area (Å²) in [6.45, 7) is 2.34. The van der Waals surface area contributed by atoms with Crippen LogP contribution in [0.25, 0.3) is 0 Å². The second-order valence-corrected chi connectivity index (χ2v) is 6.23. The number of likely N-dealkylation sites (N-methyl/N-ethyl adjacent to an activating group) is 1. The van der Waals surface area contributed by atoms with Crippen LogP contribution in [0.1, 0.15) is 44.6 Å². The average Bonchev–Trinajstić information content (AvgIpc) is 2.66. The maximum absolute atomic E-state index is 5.43. The van der Waals surface area contributed by atoms with Crippen molar-refractivity contribution in [3.05, 3.63) is 29.8 Å². The fourth-order valence-corrected chi connectivity index (χ4v) is 4.64. The van der Waals surface area contributed by atoms with Gasteiger partial charge in [0.15, 0.2) is 0 Å². The Morgan fingerprint density at radius 3 is 2.90 bits per heavy atom. The molecular weight excluding hydrogens is 270 g/mol. The van der Waals surface area contributed by atoms with E-state index >= 15 is 0 Å². The monoisotopic (exact) mass is 295 g/mol. The summed E-state index contributed by atoms with van der Waals surface area (Å²) in [5.74, 6) is 0.999. The quantitative estimate of drug-likeness (QED) is 0.835. The highest BCUT2D eigenvalue weighted by Crippen LogP contribution is 2.52. The van der Waals surface area contributed by atoms with E-state index in [1.165, 1.54) is 37.7 Å². The van der Waals surface area contributed by atoms with Gasteiger partial charge in [0.1, 0.15) is 5.75 Å². The molecule has 1 saturated heterocycles. The number of hydrogen-bond donors (Lipinski definition) is 0. The molecule has 2 aliphatic rings. The Hall–Kier alpha value is -0.730. The first kappa shape index (κ1) is 15.7. The second-order valence-electron chi connectivity index (χ2n) is 6.23. The Balaban J connectivity index is 0.00000147. The lowest BCUT2D eigenvalue weighted by Gasteiger charge is -2.38. The number of methoxy groups -OCH3 is 1. The van der Waals surface area contributed by atoms with E-state index < -0.39 is 0 Å². The molecule has 20 heavy (non-hydrogen) atoms. The first-order chi connectivity index (χ1) is 9.21. The highest BCUT2D eigenvalue weighted by Gasteiger charge is 2.52. The smallest absolute Gasteiger partial charge is 0.119 e. The van der Waals surface area contributed by atoms with Crippen molar-refractivity contribution in [3.63, 3.8) is 0 Å². The Kier molecular flexibility index (Phi) is 4.66.